The van der Waals surface area contributed by atoms with Gasteiger partial charge >= 0.3 is 0 Å². The average Bonchev–Trinajstić information content (AvgIpc) is 3.10. The number of aromatic nitrogens is 3. The standard InChI is InChI=1S/C25H25BrN4/c1-15(2)30-23-12-7-6-9-21(23)29-25(30)22-11-8-10-20(28-22)18(5)27-24-16(3)13-19(26)14-17(24)4/h6-15H,1-5H3. The van der Waals surface area contributed by atoms with E-state index in [-0.39, 0.29) is 6.04 Å². The summed E-state index contributed by atoms with van der Waals surface area (Å²) in [5.74, 6) is 0.886. The normalized spacial score (nSPS) is 12.2. The number of hydrogen-bond acceptors (Lipinski definition) is 3. The third-order valence-electron chi connectivity index (χ3n) is 5.20. The molecule has 5 heteroatoms. The van der Waals surface area contributed by atoms with Gasteiger partial charge in [-0.25, -0.2) is 9.97 Å². The highest BCUT2D eigenvalue weighted by molar-refractivity contribution is 9.10. The lowest BCUT2D eigenvalue weighted by molar-refractivity contribution is 0.623. The largest absolute Gasteiger partial charge is 0.320 e. The molecule has 4 aromatic rings. The van der Waals surface area contributed by atoms with Crippen molar-refractivity contribution in [2.45, 2.75) is 40.7 Å². The smallest absolute Gasteiger partial charge is 0.160 e. The van der Waals surface area contributed by atoms with Crippen molar-refractivity contribution < 1.29 is 0 Å². The predicted octanol–water partition coefficient (Wildman–Crippen LogP) is 7.20. The van der Waals surface area contributed by atoms with Gasteiger partial charge in [0.2, 0.25) is 0 Å². The van der Waals surface area contributed by atoms with Gasteiger partial charge in [0.1, 0.15) is 5.69 Å². The van der Waals surface area contributed by atoms with Crippen LogP contribution < -0.4 is 0 Å². The summed E-state index contributed by atoms with van der Waals surface area (Å²) in [6.07, 6.45) is 0. The molecule has 0 saturated heterocycles. The highest BCUT2D eigenvalue weighted by Crippen LogP contribution is 2.30. The maximum absolute atomic E-state index is 4.93. The fourth-order valence-electron chi connectivity index (χ4n) is 3.81. The number of para-hydroxylation sites is 2. The molecule has 0 spiro atoms. The van der Waals surface area contributed by atoms with Gasteiger partial charge in [-0.2, -0.15) is 0 Å². The lowest BCUT2D eigenvalue weighted by Crippen LogP contribution is -2.06. The Hall–Kier alpha value is -2.79. The van der Waals surface area contributed by atoms with Crippen molar-refractivity contribution in [2.75, 3.05) is 0 Å². The van der Waals surface area contributed by atoms with Gasteiger partial charge in [0, 0.05) is 10.5 Å². The van der Waals surface area contributed by atoms with Gasteiger partial charge in [0.05, 0.1) is 28.1 Å². The van der Waals surface area contributed by atoms with E-state index in [1.807, 2.05) is 37.3 Å². The molecule has 0 saturated carbocycles. The Balaban J connectivity index is 1.81. The number of nitrogens with zero attached hydrogens (tertiary/aromatic N) is 4. The Bertz CT molecular complexity index is 1240. The van der Waals surface area contributed by atoms with E-state index < -0.39 is 0 Å². The van der Waals surface area contributed by atoms with Crippen LogP contribution in [0.3, 0.4) is 0 Å². The first-order valence-electron chi connectivity index (χ1n) is 10.1. The lowest BCUT2D eigenvalue weighted by Gasteiger charge is -2.13. The zero-order valence-corrected chi connectivity index (χ0v) is 19.5. The van der Waals surface area contributed by atoms with Crippen molar-refractivity contribution in [2.24, 2.45) is 4.99 Å². The van der Waals surface area contributed by atoms with Gasteiger partial charge in [-0.3, -0.25) is 4.99 Å². The van der Waals surface area contributed by atoms with Crippen LogP contribution in [-0.2, 0) is 0 Å². The molecule has 2 heterocycles. The van der Waals surface area contributed by atoms with Crippen LogP contribution in [0, 0.1) is 13.8 Å². The molecule has 0 aliphatic rings. The molecule has 0 N–H and O–H groups in total. The van der Waals surface area contributed by atoms with E-state index in [9.17, 15) is 0 Å². The molecule has 0 unspecified atom stereocenters. The molecule has 0 amide bonds. The van der Waals surface area contributed by atoms with Crippen LogP contribution in [0.4, 0.5) is 5.69 Å². The number of hydrogen-bond donors (Lipinski definition) is 0. The Morgan fingerprint density at radius 2 is 1.67 bits per heavy atom. The zero-order valence-electron chi connectivity index (χ0n) is 17.9. The molecule has 30 heavy (non-hydrogen) atoms. The molecule has 4 nitrogen and oxygen atoms in total. The van der Waals surface area contributed by atoms with E-state index in [0.717, 1.165) is 55.2 Å². The predicted molar refractivity (Wildman–Crippen MR) is 129 cm³/mol. The number of aliphatic imine (C=N–C) groups is 1. The highest BCUT2D eigenvalue weighted by Gasteiger charge is 2.16. The van der Waals surface area contributed by atoms with Crippen molar-refractivity contribution >= 4 is 38.4 Å². The molecule has 0 aliphatic heterocycles. The monoisotopic (exact) mass is 460 g/mol. The first kappa shape index (κ1) is 20.5. The highest BCUT2D eigenvalue weighted by atomic mass is 79.9. The maximum atomic E-state index is 4.93. The third-order valence-corrected chi connectivity index (χ3v) is 5.65. The van der Waals surface area contributed by atoms with Gasteiger partial charge in [-0.05, 0) is 82.1 Å². The van der Waals surface area contributed by atoms with E-state index in [1.54, 1.807) is 0 Å². The van der Waals surface area contributed by atoms with Crippen molar-refractivity contribution in [3.63, 3.8) is 0 Å². The van der Waals surface area contributed by atoms with Crippen LogP contribution in [0.5, 0.6) is 0 Å². The number of halogens is 1. The van der Waals surface area contributed by atoms with Crippen LogP contribution >= 0.6 is 15.9 Å². The van der Waals surface area contributed by atoms with E-state index in [0.29, 0.717) is 0 Å². The number of benzene rings is 2. The fraction of sp³-hybridized carbons (Fsp3) is 0.240. The van der Waals surface area contributed by atoms with Crippen LogP contribution in [0.25, 0.3) is 22.6 Å². The first-order valence-corrected chi connectivity index (χ1v) is 10.9. The summed E-state index contributed by atoms with van der Waals surface area (Å²) in [5.41, 5.74) is 7.99. The molecule has 0 atom stereocenters. The van der Waals surface area contributed by atoms with Crippen LogP contribution in [-0.4, -0.2) is 20.2 Å². The van der Waals surface area contributed by atoms with E-state index in [4.69, 9.17) is 15.0 Å². The van der Waals surface area contributed by atoms with Crippen molar-refractivity contribution in [3.8, 4) is 11.5 Å². The van der Waals surface area contributed by atoms with Gasteiger partial charge < -0.3 is 4.57 Å². The third kappa shape index (κ3) is 3.82. The topological polar surface area (TPSA) is 43.1 Å². The van der Waals surface area contributed by atoms with E-state index in [2.05, 4.69) is 72.5 Å². The second-order valence-corrected chi connectivity index (χ2v) is 8.80. The van der Waals surface area contributed by atoms with Gasteiger partial charge in [-0.15, -0.1) is 0 Å². The first-order chi connectivity index (χ1) is 14.3. The molecular formula is C25H25BrN4. The Morgan fingerprint density at radius 3 is 2.37 bits per heavy atom. The SMILES string of the molecule is CC(=Nc1c(C)cc(Br)cc1C)c1cccc(-c2nc3ccccc3n2C(C)C)n1. The van der Waals surface area contributed by atoms with Crippen molar-refractivity contribution in [1.29, 1.82) is 0 Å². The number of rotatable bonds is 4. The summed E-state index contributed by atoms with van der Waals surface area (Å²) >= 11 is 3.56. The molecule has 0 aliphatic carbocycles. The summed E-state index contributed by atoms with van der Waals surface area (Å²) < 4.78 is 3.32. The van der Waals surface area contributed by atoms with Crippen molar-refractivity contribution in [3.05, 3.63) is 75.9 Å². The second-order valence-electron chi connectivity index (χ2n) is 7.88. The fourth-order valence-corrected chi connectivity index (χ4v) is 4.50. The molecule has 152 valence electrons. The van der Waals surface area contributed by atoms with Gasteiger partial charge in [-0.1, -0.05) is 34.1 Å². The molecule has 2 aromatic carbocycles. The number of aryl methyl sites for hydroxylation is 2. The van der Waals surface area contributed by atoms with E-state index >= 15 is 0 Å². The van der Waals surface area contributed by atoms with Gasteiger partial charge in [0.25, 0.3) is 0 Å². The minimum atomic E-state index is 0.278. The number of pyridine rings is 1. The summed E-state index contributed by atoms with van der Waals surface area (Å²) in [7, 11) is 0. The molecule has 0 bridgehead atoms. The Morgan fingerprint density at radius 1 is 0.967 bits per heavy atom. The summed E-state index contributed by atoms with van der Waals surface area (Å²) in [6, 6.07) is 18.8. The van der Waals surface area contributed by atoms with Crippen molar-refractivity contribution in [1.82, 2.24) is 14.5 Å². The Labute approximate surface area is 185 Å². The maximum Gasteiger partial charge on any atom is 0.160 e. The molecule has 0 fully saturated rings. The van der Waals surface area contributed by atoms with E-state index in [1.165, 1.54) is 0 Å². The minimum Gasteiger partial charge on any atom is -0.320 e. The summed E-state index contributed by atoms with van der Waals surface area (Å²) in [6.45, 7) is 10.5. The molecular weight excluding hydrogens is 436 g/mol. The zero-order chi connectivity index (χ0) is 21.4. The minimum absolute atomic E-state index is 0.278. The average molecular weight is 461 g/mol. The Kier molecular flexibility index (Phi) is 5.56. The summed E-state index contributed by atoms with van der Waals surface area (Å²) in [4.78, 5) is 14.7. The van der Waals surface area contributed by atoms with Crippen LogP contribution in [0.15, 0.2) is 64.1 Å². The molecule has 0 radical (unpaired) electrons. The lowest BCUT2D eigenvalue weighted by atomic mass is 10.1. The number of fused-ring (bicyclic) bond motifs is 1. The van der Waals surface area contributed by atoms with Crippen LogP contribution in [0.1, 0.15) is 43.6 Å². The van der Waals surface area contributed by atoms with Gasteiger partial charge in [0.15, 0.2) is 5.82 Å². The second kappa shape index (κ2) is 8.15. The molecule has 4 rings (SSSR count). The summed E-state index contributed by atoms with van der Waals surface area (Å²) in [5, 5.41) is 0. The number of imidazole rings is 1. The quantitative estimate of drug-likeness (QED) is 0.302. The van der Waals surface area contributed by atoms with Crippen LogP contribution in [0.2, 0.25) is 0 Å². The molecule has 2 aromatic heterocycles.